The topological polar surface area (TPSA) is 60.4 Å². The van der Waals surface area contributed by atoms with Crippen LogP contribution < -0.4 is 14.2 Å². The fourth-order valence-electron chi connectivity index (χ4n) is 3.54. The second kappa shape index (κ2) is 12.3. The van der Waals surface area contributed by atoms with Gasteiger partial charge in [-0.15, -0.1) is 0 Å². The molecule has 192 valence electrons. The normalized spacial score (nSPS) is 15.5. The van der Waals surface area contributed by atoms with Crippen molar-refractivity contribution in [2.75, 3.05) is 20.8 Å². The summed E-state index contributed by atoms with van der Waals surface area (Å²) in [4.78, 5) is 20.0. The first-order chi connectivity index (χ1) is 17.8. The Morgan fingerprint density at radius 1 is 1.05 bits per heavy atom. The quantitative estimate of drug-likeness (QED) is 0.239. The Balaban J connectivity index is 1.58. The molecule has 0 N–H and O–H groups in total. The van der Waals surface area contributed by atoms with E-state index in [1.54, 1.807) is 31.3 Å². The SMILES string of the molecule is CCN1C(=O)/C(=C\c2cc(Br)c(OCc3ccc(Cl)cc3Cl)c(OC)c2)SC1=Nc1ccc(OC)cc1. The summed E-state index contributed by atoms with van der Waals surface area (Å²) >= 11 is 17.2. The van der Waals surface area contributed by atoms with Gasteiger partial charge in [0.1, 0.15) is 12.4 Å². The number of ether oxygens (including phenoxy) is 3. The van der Waals surface area contributed by atoms with Crippen molar-refractivity contribution in [2.45, 2.75) is 13.5 Å². The van der Waals surface area contributed by atoms with Crippen molar-refractivity contribution in [1.82, 2.24) is 4.90 Å². The van der Waals surface area contributed by atoms with Gasteiger partial charge in [-0.2, -0.15) is 0 Å². The number of carbonyl (C=O) groups is 1. The number of carbonyl (C=O) groups excluding carboxylic acids is 1. The number of halogens is 3. The average molecular weight is 622 g/mol. The van der Waals surface area contributed by atoms with Crippen molar-refractivity contribution in [1.29, 1.82) is 0 Å². The van der Waals surface area contributed by atoms with Crippen molar-refractivity contribution in [3.05, 3.63) is 85.1 Å². The van der Waals surface area contributed by atoms with Gasteiger partial charge in [0.2, 0.25) is 0 Å². The summed E-state index contributed by atoms with van der Waals surface area (Å²) in [5, 5.41) is 1.70. The van der Waals surface area contributed by atoms with Gasteiger partial charge in [0.15, 0.2) is 16.7 Å². The molecule has 0 aromatic heterocycles. The third-order valence-electron chi connectivity index (χ3n) is 5.44. The van der Waals surface area contributed by atoms with Gasteiger partial charge < -0.3 is 14.2 Å². The molecule has 3 aromatic rings. The number of amides is 1. The summed E-state index contributed by atoms with van der Waals surface area (Å²) in [7, 11) is 3.18. The van der Waals surface area contributed by atoms with Gasteiger partial charge in [0.05, 0.1) is 29.3 Å². The number of thioether (sulfide) groups is 1. The predicted octanol–water partition coefficient (Wildman–Crippen LogP) is 7.98. The van der Waals surface area contributed by atoms with Crippen molar-refractivity contribution in [2.24, 2.45) is 4.99 Å². The molecule has 4 rings (SSSR count). The molecule has 1 saturated heterocycles. The molecule has 10 heteroatoms. The van der Waals surface area contributed by atoms with Crippen LogP contribution in [0.5, 0.6) is 17.2 Å². The van der Waals surface area contributed by atoms with Crippen LogP contribution >= 0.6 is 50.9 Å². The number of hydrogen-bond acceptors (Lipinski definition) is 6. The van der Waals surface area contributed by atoms with Gasteiger partial charge in [0.25, 0.3) is 5.91 Å². The number of hydrogen-bond donors (Lipinski definition) is 0. The van der Waals surface area contributed by atoms with Crippen LogP contribution in [0.25, 0.3) is 6.08 Å². The molecule has 6 nitrogen and oxygen atoms in total. The van der Waals surface area contributed by atoms with Crippen LogP contribution in [-0.2, 0) is 11.4 Å². The summed E-state index contributed by atoms with van der Waals surface area (Å²) in [5.74, 6) is 1.68. The lowest BCUT2D eigenvalue weighted by atomic mass is 10.1. The molecule has 0 spiro atoms. The van der Waals surface area contributed by atoms with Crippen LogP contribution in [-0.4, -0.2) is 36.7 Å². The lowest BCUT2D eigenvalue weighted by Crippen LogP contribution is -2.28. The summed E-state index contributed by atoms with van der Waals surface area (Å²) in [6.07, 6.45) is 1.82. The highest BCUT2D eigenvalue weighted by molar-refractivity contribution is 9.10. The highest BCUT2D eigenvalue weighted by Gasteiger charge is 2.32. The molecule has 1 amide bonds. The summed E-state index contributed by atoms with van der Waals surface area (Å²) in [5.41, 5.74) is 2.31. The Kier molecular flexibility index (Phi) is 9.08. The molecule has 0 aliphatic carbocycles. The molecule has 0 bridgehead atoms. The van der Waals surface area contributed by atoms with Gasteiger partial charge in [-0.3, -0.25) is 9.69 Å². The molecule has 0 saturated carbocycles. The van der Waals surface area contributed by atoms with E-state index >= 15 is 0 Å². The van der Waals surface area contributed by atoms with E-state index in [2.05, 4.69) is 20.9 Å². The van der Waals surface area contributed by atoms with Gasteiger partial charge in [-0.25, -0.2) is 4.99 Å². The van der Waals surface area contributed by atoms with E-state index in [9.17, 15) is 4.79 Å². The standard InChI is InChI=1S/C27H23BrCl2N2O4S/c1-4-32-26(33)24(37-27(32)31-19-7-9-20(34-2)10-8-19)13-16-11-21(28)25(23(12-16)35-3)36-15-17-5-6-18(29)14-22(17)30/h5-14H,4,15H2,1-3H3/b24-13+,31-27?. The van der Waals surface area contributed by atoms with Crippen molar-refractivity contribution in [3.63, 3.8) is 0 Å². The van der Waals surface area contributed by atoms with E-state index < -0.39 is 0 Å². The zero-order valence-corrected chi connectivity index (χ0v) is 24.2. The Morgan fingerprint density at radius 2 is 1.81 bits per heavy atom. The smallest absolute Gasteiger partial charge is 0.266 e. The molecule has 1 aliphatic heterocycles. The highest BCUT2D eigenvalue weighted by Crippen LogP contribution is 2.40. The second-order valence-corrected chi connectivity index (χ2v) is 10.5. The first-order valence-corrected chi connectivity index (χ1v) is 13.6. The Labute approximate surface area is 238 Å². The van der Waals surface area contributed by atoms with E-state index in [0.29, 0.717) is 42.6 Å². The zero-order chi connectivity index (χ0) is 26.5. The number of rotatable bonds is 8. The third kappa shape index (κ3) is 6.44. The molecule has 1 fully saturated rings. The molecule has 0 radical (unpaired) electrons. The average Bonchev–Trinajstić information content (AvgIpc) is 3.17. The lowest BCUT2D eigenvalue weighted by Gasteiger charge is -2.14. The minimum absolute atomic E-state index is 0.104. The van der Waals surface area contributed by atoms with Crippen LogP contribution in [0.15, 0.2) is 69.0 Å². The maximum atomic E-state index is 13.1. The summed E-state index contributed by atoms with van der Waals surface area (Å²) < 4.78 is 17.5. The van der Waals surface area contributed by atoms with Crippen LogP contribution in [0, 0.1) is 0 Å². The lowest BCUT2D eigenvalue weighted by molar-refractivity contribution is -0.122. The molecule has 37 heavy (non-hydrogen) atoms. The third-order valence-corrected chi connectivity index (χ3v) is 7.62. The maximum absolute atomic E-state index is 13.1. The largest absolute Gasteiger partial charge is 0.497 e. The minimum Gasteiger partial charge on any atom is -0.497 e. The van der Waals surface area contributed by atoms with E-state index in [0.717, 1.165) is 22.6 Å². The first kappa shape index (κ1) is 27.4. The molecule has 1 heterocycles. The molecule has 0 atom stereocenters. The molecule has 1 aliphatic rings. The van der Waals surface area contributed by atoms with Gasteiger partial charge >= 0.3 is 0 Å². The predicted molar refractivity (Wildman–Crippen MR) is 155 cm³/mol. The van der Waals surface area contributed by atoms with Crippen LogP contribution in [0.4, 0.5) is 5.69 Å². The Hall–Kier alpha value is -2.65. The van der Waals surface area contributed by atoms with Crippen LogP contribution in [0.3, 0.4) is 0 Å². The van der Waals surface area contributed by atoms with Crippen LogP contribution in [0.2, 0.25) is 10.0 Å². The number of aliphatic imine (C=N–C) groups is 1. The Morgan fingerprint density at radius 3 is 2.46 bits per heavy atom. The van der Waals surface area contributed by atoms with E-state index in [4.69, 9.17) is 37.4 Å². The monoisotopic (exact) mass is 620 g/mol. The van der Waals surface area contributed by atoms with E-state index in [-0.39, 0.29) is 12.5 Å². The van der Waals surface area contributed by atoms with E-state index in [1.165, 1.54) is 11.8 Å². The molecular formula is C27H23BrCl2N2O4S. The fraction of sp³-hybridized carbons (Fsp3) is 0.185. The molecular weight excluding hydrogens is 599 g/mol. The van der Waals surface area contributed by atoms with Crippen LogP contribution in [0.1, 0.15) is 18.1 Å². The van der Waals surface area contributed by atoms with Crippen molar-refractivity contribution >= 4 is 73.7 Å². The first-order valence-electron chi connectivity index (χ1n) is 11.2. The van der Waals surface area contributed by atoms with Gasteiger partial charge in [-0.1, -0.05) is 29.3 Å². The number of amidine groups is 1. The summed E-state index contributed by atoms with van der Waals surface area (Å²) in [6, 6.07) is 16.3. The molecule has 0 unspecified atom stereocenters. The summed E-state index contributed by atoms with van der Waals surface area (Å²) in [6.45, 7) is 2.66. The zero-order valence-electron chi connectivity index (χ0n) is 20.3. The number of benzene rings is 3. The highest BCUT2D eigenvalue weighted by atomic mass is 79.9. The van der Waals surface area contributed by atoms with Gasteiger partial charge in [0, 0.05) is 22.2 Å². The number of methoxy groups -OCH3 is 2. The number of nitrogens with zero attached hydrogens (tertiary/aromatic N) is 2. The minimum atomic E-state index is -0.104. The van der Waals surface area contributed by atoms with E-state index in [1.807, 2.05) is 55.5 Å². The molecule has 3 aromatic carbocycles. The number of likely N-dealkylation sites (N-methyl/N-ethyl adjacent to an activating group) is 1. The fourth-order valence-corrected chi connectivity index (χ4v) is 5.64. The van der Waals surface area contributed by atoms with Crippen molar-refractivity contribution < 1.29 is 19.0 Å². The second-order valence-electron chi connectivity index (χ2n) is 7.81. The van der Waals surface area contributed by atoms with Gasteiger partial charge in [-0.05, 0) is 94.8 Å². The Bertz CT molecular complexity index is 1380. The maximum Gasteiger partial charge on any atom is 0.266 e. The van der Waals surface area contributed by atoms with Crippen molar-refractivity contribution in [3.8, 4) is 17.2 Å².